The molecule has 0 amide bonds. The zero-order valence-corrected chi connectivity index (χ0v) is 13.0. The van der Waals surface area contributed by atoms with Crippen LogP contribution in [0.4, 0.5) is 5.82 Å². The van der Waals surface area contributed by atoms with E-state index in [4.69, 9.17) is 4.74 Å². The third-order valence-electron chi connectivity index (χ3n) is 3.39. The van der Waals surface area contributed by atoms with Crippen LogP contribution in [0.15, 0.2) is 11.7 Å². The van der Waals surface area contributed by atoms with Gasteiger partial charge in [0.1, 0.15) is 22.8 Å². The van der Waals surface area contributed by atoms with Gasteiger partial charge in [0.15, 0.2) is 0 Å². The summed E-state index contributed by atoms with van der Waals surface area (Å²) in [4.78, 5) is 16.4. The van der Waals surface area contributed by atoms with Gasteiger partial charge in [-0.15, -0.1) is 11.3 Å². The maximum Gasteiger partial charge on any atom is 0.143 e. The summed E-state index contributed by atoms with van der Waals surface area (Å²) < 4.78 is 5.08. The van der Waals surface area contributed by atoms with E-state index in [2.05, 4.69) is 32.2 Å². The molecule has 0 bridgehead atoms. The molecule has 3 heterocycles. The van der Waals surface area contributed by atoms with E-state index in [0.717, 1.165) is 33.2 Å². The fourth-order valence-electron chi connectivity index (χ4n) is 2.22. The van der Waals surface area contributed by atoms with E-state index in [9.17, 15) is 0 Å². The van der Waals surface area contributed by atoms with E-state index >= 15 is 0 Å². The maximum atomic E-state index is 5.08. The number of thiazole rings is 1. The van der Waals surface area contributed by atoms with Gasteiger partial charge in [-0.25, -0.2) is 15.0 Å². The number of rotatable bonds is 5. The van der Waals surface area contributed by atoms with Gasteiger partial charge in [0, 0.05) is 18.2 Å². The Kier molecular flexibility index (Phi) is 3.85. The third kappa shape index (κ3) is 2.74. The molecule has 7 heteroatoms. The van der Waals surface area contributed by atoms with Gasteiger partial charge in [-0.05, 0) is 19.4 Å². The molecule has 110 valence electrons. The van der Waals surface area contributed by atoms with Gasteiger partial charge in [0.05, 0.1) is 24.2 Å². The molecule has 3 rings (SSSR count). The summed E-state index contributed by atoms with van der Waals surface area (Å²) in [6.07, 6.45) is 1.57. The molecule has 0 saturated heterocycles. The van der Waals surface area contributed by atoms with Gasteiger partial charge in [-0.1, -0.05) is 0 Å². The molecule has 6 nitrogen and oxygen atoms in total. The van der Waals surface area contributed by atoms with Gasteiger partial charge in [0.25, 0.3) is 0 Å². The molecule has 21 heavy (non-hydrogen) atoms. The molecule has 0 saturated carbocycles. The number of anilines is 1. The molecule has 3 aromatic rings. The summed E-state index contributed by atoms with van der Waals surface area (Å²) in [5.41, 5.74) is 4.14. The Morgan fingerprint density at radius 2 is 2.19 bits per heavy atom. The molecule has 2 N–H and O–H groups in total. The lowest BCUT2D eigenvalue weighted by Crippen LogP contribution is -2.03. The van der Waals surface area contributed by atoms with E-state index in [1.807, 2.05) is 12.3 Å². The fourth-order valence-corrected chi connectivity index (χ4v) is 2.99. The van der Waals surface area contributed by atoms with Crippen molar-refractivity contribution in [2.24, 2.45) is 0 Å². The summed E-state index contributed by atoms with van der Waals surface area (Å²) in [6.45, 7) is 5.30. The van der Waals surface area contributed by atoms with Crippen LogP contribution < -0.4 is 5.32 Å². The van der Waals surface area contributed by atoms with Crippen LogP contribution in [0.1, 0.15) is 22.0 Å². The molecule has 0 atom stereocenters. The molecule has 0 aliphatic rings. The molecule has 0 unspecified atom stereocenters. The van der Waals surface area contributed by atoms with Crippen LogP contribution in [0.3, 0.4) is 0 Å². The van der Waals surface area contributed by atoms with Crippen molar-refractivity contribution in [1.82, 2.24) is 19.9 Å². The monoisotopic (exact) mass is 303 g/mol. The molecular formula is C14H17N5OS. The van der Waals surface area contributed by atoms with Crippen LogP contribution in [0.5, 0.6) is 0 Å². The number of hydrogen-bond acceptors (Lipinski definition) is 6. The minimum absolute atomic E-state index is 0.554. The van der Waals surface area contributed by atoms with E-state index in [0.29, 0.717) is 13.2 Å². The van der Waals surface area contributed by atoms with Gasteiger partial charge < -0.3 is 15.0 Å². The first-order valence-corrected chi connectivity index (χ1v) is 7.53. The molecule has 0 aliphatic heterocycles. The van der Waals surface area contributed by atoms with Gasteiger partial charge in [0.2, 0.25) is 0 Å². The minimum atomic E-state index is 0.554. The lowest BCUT2D eigenvalue weighted by molar-refractivity contribution is 0.184. The van der Waals surface area contributed by atoms with Crippen LogP contribution >= 0.6 is 11.3 Å². The molecule has 0 radical (unpaired) electrons. The van der Waals surface area contributed by atoms with E-state index in [1.54, 1.807) is 24.8 Å². The Balaban J connectivity index is 1.81. The SMILES string of the molecule is COCc1nc(CNc2ncnc3[nH]c(C)c(C)c23)cs1. The average Bonchev–Trinajstić information content (AvgIpc) is 3.03. The number of aromatic nitrogens is 4. The number of hydrogen-bond donors (Lipinski definition) is 2. The minimum Gasteiger partial charge on any atom is -0.378 e. The Morgan fingerprint density at radius 3 is 3.00 bits per heavy atom. The smallest absolute Gasteiger partial charge is 0.143 e. The van der Waals surface area contributed by atoms with Crippen molar-refractivity contribution in [2.75, 3.05) is 12.4 Å². The first-order valence-electron chi connectivity index (χ1n) is 6.65. The Morgan fingerprint density at radius 1 is 1.33 bits per heavy atom. The Hall–Kier alpha value is -1.99. The normalized spacial score (nSPS) is 11.2. The number of nitrogens with one attached hydrogen (secondary N) is 2. The number of H-pyrrole nitrogens is 1. The highest BCUT2D eigenvalue weighted by atomic mass is 32.1. The Labute approximate surface area is 126 Å². The maximum absolute atomic E-state index is 5.08. The number of fused-ring (bicyclic) bond motifs is 1. The molecule has 0 fully saturated rings. The summed E-state index contributed by atoms with van der Waals surface area (Å²) in [6, 6.07) is 0. The third-order valence-corrected chi connectivity index (χ3v) is 4.27. The first kappa shape index (κ1) is 14.0. The second-order valence-electron chi connectivity index (χ2n) is 4.84. The second kappa shape index (κ2) is 5.79. The molecular weight excluding hydrogens is 286 g/mol. The topological polar surface area (TPSA) is 75.7 Å². The highest BCUT2D eigenvalue weighted by molar-refractivity contribution is 7.09. The number of nitrogens with zero attached hydrogens (tertiary/aromatic N) is 3. The molecule has 0 spiro atoms. The first-order chi connectivity index (χ1) is 10.2. The van der Waals surface area contributed by atoms with E-state index < -0.39 is 0 Å². The highest BCUT2D eigenvalue weighted by Crippen LogP contribution is 2.25. The van der Waals surface area contributed by atoms with Gasteiger partial charge in [-0.3, -0.25) is 0 Å². The van der Waals surface area contributed by atoms with E-state index in [1.165, 1.54) is 5.56 Å². The lowest BCUT2D eigenvalue weighted by atomic mass is 10.2. The number of aromatic amines is 1. The largest absolute Gasteiger partial charge is 0.378 e. The quantitative estimate of drug-likeness (QED) is 0.758. The van der Waals surface area contributed by atoms with Crippen LogP contribution in [-0.2, 0) is 17.9 Å². The van der Waals surface area contributed by atoms with Crippen LogP contribution in [0.25, 0.3) is 11.0 Å². The number of aryl methyl sites for hydroxylation is 2. The Bertz CT molecular complexity index is 764. The standard InChI is InChI=1S/C14H17N5OS/c1-8-9(2)18-14-12(8)13(16-7-17-14)15-4-10-6-21-11(19-10)5-20-3/h6-7H,4-5H2,1-3H3,(H2,15,16,17,18). The predicted molar refractivity (Wildman–Crippen MR) is 83.5 cm³/mol. The van der Waals surface area contributed by atoms with Crippen LogP contribution in [0, 0.1) is 13.8 Å². The van der Waals surface area contributed by atoms with Gasteiger partial charge >= 0.3 is 0 Å². The van der Waals surface area contributed by atoms with Crippen molar-refractivity contribution in [1.29, 1.82) is 0 Å². The summed E-state index contributed by atoms with van der Waals surface area (Å²) >= 11 is 1.61. The fraction of sp³-hybridized carbons (Fsp3) is 0.357. The number of methoxy groups -OCH3 is 1. The molecule has 0 aromatic carbocycles. The van der Waals surface area contributed by atoms with Gasteiger partial charge in [-0.2, -0.15) is 0 Å². The van der Waals surface area contributed by atoms with Crippen LogP contribution in [-0.4, -0.2) is 27.0 Å². The average molecular weight is 303 g/mol. The van der Waals surface area contributed by atoms with Crippen molar-refractivity contribution in [3.8, 4) is 0 Å². The number of ether oxygens (including phenoxy) is 1. The van der Waals surface area contributed by atoms with Crippen molar-refractivity contribution in [3.05, 3.63) is 33.7 Å². The van der Waals surface area contributed by atoms with Crippen molar-refractivity contribution in [2.45, 2.75) is 27.0 Å². The van der Waals surface area contributed by atoms with E-state index in [-0.39, 0.29) is 0 Å². The predicted octanol–water partition coefficient (Wildman–Crippen LogP) is 2.79. The zero-order chi connectivity index (χ0) is 14.8. The molecule has 3 aromatic heterocycles. The van der Waals surface area contributed by atoms with Crippen molar-refractivity contribution >= 4 is 28.2 Å². The highest BCUT2D eigenvalue weighted by Gasteiger charge is 2.11. The van der Waals surface area contributed by atoms with Crippen LogP contribution in [0.2, 0.25) is 0 Å². The lowest BCUT2D eigenvalue weighted by Gasteiger charge is -2.05. The van der Waals surface area contributed by atoms with Crippen molar-refractivity contribution in [3.63, 3.8) is 0 Å². The summed E-state index contributed by atoms with van der Waals surface area (Å²) in [7, 11) is 1.67. The molecule has 0 aliphatic carbocycles. The zero-order valence-electron chi connectivity index (χ0n) is 12.2. The summed E-state index contributed by atoms with van der Waals surface area (Å²) in [5, 5.41) is 7.41. The summed E-state index contributed by atoms with van der Waals surface area (Å²) in [5.74, 6) is 0.836. The van der Waals surface area contributed by atoms with Crippen molar-refractivity contribution < 1.29 is 4.74 Å². The second-order valence-corrected chi connectivity index (χ2v) is 5.78.